The minimum absolute atomic E-state index is 0.155. The van der Waals surface area contributed by atoms with Gasteiger partial charge in [-0.15, -0.1) is 11.6 Å². The Morgan fingerprint density at radius 2 is 1.96 bits per heavy atom. The molecule has 1 amide bonds. The average Bonchev–Trinajstić information content (AvgIpc) is 3.08. The molecular formula is C20H19ClN2O4. The summed E-state index contributed by atoms with van der Waals surface area (Å²) in [6.45, 7) is 0.464. The molecule has 1 aromatic heterocycles. The number of carbonyl (C=O) groups is 2. The predicted molar refractivity (Wildman–Crippen MR) is 103 cm³/mol. The van der Waals surface area contributed by atoms with Gasteiger partial charge >= 0.3 is 5.97 Å². The van der Waals surface area contributed by atoms with Crippen LogP contribution in [-0.4, -0.2) is 33.9 Å². The number of rotatable bonds is 8. The molecule has 0 fully saturated rings. The van der Waals surface area contributed by atoms with Crippen molar-refractivity contribution in [3.63, 3.8) is 0 Å². The number of benzene rings is 2. The molecule has 1 heterocycles. The van der Waals surface area contributed by atoms with E-state index in [2.05, 4.69) is 10.3 Å². The van der Waals surface area contributed by atoms with E-state index in [1.54, 1.807) is 6.20 Å². The van der Waals surface area contributed by atoms with Crippen molar-refractivity contribution in [2.24, 2.45) is 0 Å². The highest BCUT2D eigenvalue weighted by Gasteiger charge is 2.21. The summed E-state index contributed by atoms with van der Waals surface area (Å²) in [4.78, 5) is 25.9. The fraction of sp³-hybridized carbons (Fsp3) is 0.200. The largest absolute Gasteiger partial charge is 0.489 e. The highest BCUT2D eigenvalue weighted by Crippen LogP contribution is 2.25. The van der Waals surface area contributed by atoms with Crippen molar-refractivity contribution >= 4 is 34.4 Å². The fourth-order valence-electron chi connectivity index (χ4n) is 2.82. The number of aromatic nitrogens is 1. The molecule has 3 N–H and O–H groups in total. The predicted octanol–water partition coefficient (Wildman–Crippen LogP) is 3.10. The number of H-pyrrole nitrogens is 1. The normalized spacial score (nSPS) is 11.9. The summed E-state index contributed by atoms with van der Waals surface area (Å²) < 4.78 is 5.81. The van der Waals surface area contributed by atoms with Crippen molar-refractivity contribution in [2.45, 2.75) is 19.1 Å². The SMILES string of the molecule is O=C(CCl)N[C@H](Cc1c[nH]c2cc(OCc3ccccc3)ccc12)C(=O)O. The molecule has 0 aliphatic carbocycles. The maximum atomic E-state index is 11.4. The van der Waals surface area contributed by atoms with Gasteiger partial charge in [-0.25, -0.2) is 4.79 Å². The number of aromatic amines is 1. The molecule has 0 aliphatic heterocycles. The van der Waals surface area contributed by atoms with Gasteiger partial charge in [0.1, 0.15) is 24.3 Å². The molecule has 7 heteroatoms. The van der Waals surface area contributed by atoms with Gasteiger partial charge in [-0.1, -0.05) is 30.3 Å². The molecule has 27 heavy (non-hydrogen) atoms. The lowest BCUT2D eigenvalue weighted by Crippen LogP contribution is -2.42. The highest BCUT2D eigenvalue weighted by molar-refractivity contribution is 6.27. The van der Waals surface area contributed by atoms with Crippen molar-refractivity contribution < 1.29 is 19.4 Å². The zero-order valence-corrected chi connectivity index (χ0v) is 15.2. The van der Waals surface area contributed by atoms with Crippen molar-refractivity contribution in [1.82, 2.24) is 10.3 Å². The van der Waals surface area contributed by atoms with E-state index >= 15 is 0 Å². The van der Waals surface area contributed by atoms with Crippen molar-refractivity contribution in [3.05, 3.63) is 65.9 Å². The molecule has 0 saturated carbocycles. The van der Waals surface area contributed by atoms with Gasteiger partial charge in [0.05, 0.1) is 0 Å². The Hall–Kier alpha value is -2.99. The van der Waals surface area contributed by atoms with Crippen LogP contribution in [0.3, 0.4) is 0 Å². The first-order valence-electron chi connectivity index (χ1n) is 8.41. The summed E-state index contributed by atoms with van der Waals surface area (Å²) in [5, 5.41) is 12.6. The Labute approximate surface area is 161 Å². The van der Waals surface area contributed by atoms with Gasteiger partial charge < -0.3 is 20.1 Å². The number of hydrogen-bond donors (Lipinski definition) is 3. The number of carboxylic acid groups (broad SMARTS) is 1. The minimum Gasteiger partial charge on any atom is -0.489 e. The summed E-state index contributed by atoms with van der Waals surface area (Å²) >= 11 is 5.44. The van der Waals surface area contributed by atoms with Crippen LogP contribution in [-0.2, 0) is 22.6 Å². The number of amides is 1. The number of carbonyl (C=O) groups excluding carboxylic acids is 1. The Morgan fingerprint density at radius 1 is 1.19 bits per heavy atom. The number of aliphatic carboxylic acids is 1. The molecule has 0 saturated heterocycles. The first-order valence-corrected chi connectivity index (χ1v) is 8.95. The lowest BCUT2D eigenvalue weighted by molar-refractivity contribution is -0.141. The molecule has 0 unspecified atom stereocenters. The van der Waals surface area contributed by atoms with Gasteiger partial charge in [-0.05, 0) is 23.3 Å². The molecule has 2 aromatic carbocycles. The van der Waals surface area contributed by atoms with Crippen LogP contribution >= 0.6 is 11.6 Å². The standard InChI is InChI=1S/C20H19ClN2O4/c21-10-19(24)23-18(20(25)26)8-14-11-22-17-9-15(6-7-16(14)17)27-12-13-4-2-1-3-5-13/h1-7,9,11,18,22H,8,10,12H2,(H,23,24)(H,25,26)/t18-/m1/s1. The quantitative estimate of drug-likeness (QED) is 0.519. The molecule has 1 atom stereocenters. The monoisotopic (exact) mass is 386 g/mol. The second-order valence-corrected chi connectivity index (χ2v) is 6.36. The molecule has 140 valence electrons. The second kappa shape index (κ2) is 8.60. The van der Waals surface area contributed by atoms with Crippen molar-refractivity contribution in [3.8, 4) is 5.75 Å². The lowest BCUT2D eigenvalue weighted by atomic mass is 10.0. The number of hydrogen-bond acceptors (Lipinski definition) is 3. The van der Waals surface area contributed by atoms with Crippen LogP contribution in [0, 0.1) is 0 Å². The topological polar surface area (TPSA) is 91.4 Å². The third-order valence-electron chi connectivity index (χ3n) is 4.17. The maximum absolute atomic E-state index is 11.4. The van der Waals surface area contributed by atoms with Gasteiger partial charge in [-0.2, -0.15) is 0 Å². The van der Waals surface area contributed by atoms with Gasteiger partial charge in [0, 0.05) is 29.6 Å². The van der Waals surface area contributed by atoms with E-state index in [0.29, 0.717) is 12.4 Å². The third kappa shape index (κ3) is 4.80. The minimum atomic E-state index is -1.11. The van der Waals surface area contributed by atoms with Crippen molar-refractivity contribution in [1.29, 1.82) is 0 Å². The number of halogens is 1. The summed E-state index contributed by atoms with van der Waals surface area (Å²) in [7, 11) is 0. The molecule has 3 aromatic rings. The Balaban J connectivity index is 1.72. The van der Waals surface area contributed by atoms with E-state index in [4.69, 9.17) is 16.3 Å². The summed E-state index contributed by atoms with van der Waals surface area (Å²) in [5.41, 5.74) is 2.70. The molecular weight excluding hydrogens is 368 g/mol. The van der Waals surface area contributed by atoms with Crippen LogP contribution in [0.25, 0.3) is 10.9 Å². The molecule has 0 bridgehead atoms. The van der Waals surface area contributed by atoms with Crippen LogP contribution in [0.15, 0.2) is 54.7 Å². The summed E-state index contributed by atoms with van der Waals surface area (Å²) in [6.07, 6.45) is 1.90. The van der Waals surface area contributed by atoms with Gasteiger partial charge in [0.2, 0.25) is 5.91 Å². The first kappa shape index (κ1) is 18.8. The molecule has 0 radical (unpaired) electrons. The van der Waals surface area contributed by atoms with E-state index in [1.807, 2.05) is 48.5 Å². The van der Waals surface area contributed by atoms with Crippen LogP contribution in [0.4, 0.5) is 0 Å². The second-order valence-electron chi connectivity index (χ2n) is 6.09. The Bertz CT molecular complexity index is 940. The van der Waals surface area contributed by atoms with E-state index in [1.165, 1.54) is 0 Å². The van der Waals surface area contributed by atoms with Gasteiger partial charge in [0.25, 0.3) is 0 Å². The molecule has 3 rings (SSSR count). The molecule has 0 spiro atoms. The summed E-state index contributed by atoms with van der Waals surface area (Å²) in [5.74, 6) is -1.18. The maximum Gasteiger partial charge on any atom is 0.326 e. The van der Waals surface area contributed by atoms with Crippen LogP contribution in [0.1, 0.15) is 11.1 Å². The smallest absolute Gasteiger partial charge is 0.326 e. The van der Waals surface area contributed by atoms with E-state index in [9.17, 15) is 14.7 Å². The molecule has 0 aliphatic rings. The van der Waals surface area contributed by atoms with E-state index in [0.717, 1.165) is 22.0 Å². The Morgan fingerprint density at radius 3 is 2.67 bits per heavy atom. The van der Waals surface area contributed by atoms with Gasteiger partial charge in [0.15, 0.2) is 0 Å². The van der Waals surface area contributed by atoms with Crippen LogP contribution < -0.4 is 10.1 Å². The number of ether oxygens (including phenoxy) is 1. The number of alkyl halides is 1. The summed E-state index contributed by atoms with van der Waals surface area (Å²) in [6, 6.07) is 14.4. The zero-order chi connectivity index (χ0) is 19.2. The van der Waals surface area contributed by atoms with Gasteiger partial charge in [-0.3, -0.25) is 4.79 Å². The first-order chi connectivity index (χ1) is 13.1. The Kier molecular flexibility index (Phi) is 5.98. The number of fused-ring (bicyclic) bond motifs is 1. The highest BCUT2D eigenvalue weighted by atomic mass is 35.5. The third-order valence-corrected chi connectivity index (χ3v) is 4.41. The van der Waals surface area contributed by atoms with Crippen LogP contribution in [0.5, 0.6) is 5.75 Å². The van der Waals surface area contributed by atoms with E-state index < -0.39 is 17.9 Å². The zero-order valence-electron chi connectivity index (χ0n) is 14.4. The number of nitrogens with one attached hydrogen (secondary N) is 2. The van der Waals surface area contributed by atoms with E-state index in [-0.39, 0.29) is 12.3 Å². The fourth-order valence-corrected chi connectivity index (χ4v) is 2.90. The van der Waals surface area contributed by atoms with Crippen LogP contribution in [0.2, 0.25) is 0 Å². The van der Waals surface area contributed by atoms with Crippen molar-refractivity contribution in [2.75, 3.05) is 5.88 Å². The lowest BCUT2D eigenvalue weighted by Gasteiger charge is -2.13. The number of carboxylic acids is 1. The molecule has 6 nitrogen and oxygen atoms in total. The average molecular weight is 387 g/mol.